The van der Waals surface area contributed by atoms with Crippen molar-refractivity contribution in [2.45, 2.75) is 13.3 Å². The van der Waals surface area contributed by atoms with Crippen molar-refractivity contribution in [1.29, 1.82) is 0 Å². The lowest BCUT2D eigenvalue weighted by Gasteiger charge is -1.93. The molecule has 0 aliphatic carbocycles. The number of carboxylic acid groups (broad SMARTS) is 1. The van der Waals surface area contributed by atoms with Crippen LogP contribution in [0.5, 0.6) is 0 Å². The second-order valence-corrected chi connectivity index (χ2v) is 2.47. The fraction of sp³-hybridized carbons (Fsp3) is 0.429. The minimum Gasteiger partial charge on any atom is -0.478 e. The van der Waals surface area contributed by atoms with Crippen LogP contribution < -0.4 is 0 Å². The molecular formula is C7H10N4O2. The second kappa shape index (κ2) is 3.79. The molecule has 0 saturated carbocycles. The number of aromatic nitrogens is 4. The Labute approximate surface area is 74.9 Å². The maximum absolute atomic E-state index is 10.6. The van der Waals surface area contributed by atoms with Gasteiger partial charge in [0.05, 0.1) is 7.05 Å². The fourth-order valence-corrected chi connectivity index (χ4v) is 0.827. The zero-order valence-corrected chi connectivity index (χ0v) is 7.43. The predicted molar refractivity (Wildman–Crippen MR) is 44.7 cm³/mol. The molecule has 0 aromatic carbocycles. The fourth-order valence-electron chi connectivity index (χ4n) is 0.827. The third kappa shape index (κ3) is 2.36. The molecule has 0 aliphatic heterocycles. The van der Waals surface area contributed by atoms with Crippen LogP contribution in [0, 0.1) is 0 Å². The minimum absolute atomic E-state index is 0.271. The Balaban J connectivity index is 2.91. The Morgan fingerprint density at radius 3 is 2.77 bits per heavy atom. The van der Waals surface area contributed by atoms with Crippen molar-refractivity contribution in [2.75, 3.05) is 0 Å². The summed E-state index contributed by atoms with van der Waals surface area (Å²) in [5.74, 6) is -0.628. The summed E-state index contributed by atoms with van der Waals surface area (Å²) in [5, 5.41) is 19.8. The molecule has 70 valence electrons. The number of carboxylic acids is 1. The van der Waals surface area contributed by atoms with Gasteiger partial charge in [0.25, 0.3) is 0 Å². The van der Waals surface area contributed by atoms with E-state index in [0.29, 0.717) is 12.2 Å². The first-order valence-electron chi connectivity index (χ1n) is 3.81. The quantitative estimate of drug-likeness (QED) is 0.670. The highest BCUT2D eigenvalue weighted by atomic mass is 16.4. The number of aryl methyl sites for hydroxylation is 1. The van der Waals surface area contributed by atoms with E-state index >= 15 is 0 Å². The molecule has 0 amide bonds. The van der Waals surface area contributed by atoms with Crippen LogP contribution in [0.2, 0.25) is 0 Å². The molecule has 1 aromatic rings. The SMILES string of the molecule is CC/C(=C\c1nnn(C)n1)C(=O)O. The maximum Gasteiger partial charge on any atom is 0.331 e. The van der Waals surface area contributed by atoms with Crippen LogP contribution >= 0.6 is 0 Å². The Morgan fingerprint density at radius 1 is 1.69 bits per heavy atom. The smallest absolute Gasteiger partial charge is 0.331 e. The van der Waals surface area contributed by atoms with E-state index in [1.807, 2.05) is 0 Å². The van der Waals surface area contributed by atoms with Crippen molar-refractivity contribution < 1.29 is 9.90 Å². The van der Waals surface area contributed by atoms with Crippen LogP contribution in [0.15, 0.2) is 5.57 Å². The number of aliphatic carboxylic acids is 1. The van der Waals surface area contributed by atoms with E-state index in [1.165, 1.54) is 10.9 Å². The standard InChI is InChI=1S/C7H10N4O2/c1-3-5(7(12)13)4-6-8-10-11(2)9-6/h4H,3H2,1-2H3,(H,12,13)/b5-4+. The van der Waals surface area contributed by atoms with Crippen LogP contribution in [-0.4, -0.2) is 31.3 Å². The molecule has 0 spiro atoms. The predicted octanol–water partition coefficient (Wildman–Crippen LogP) is 0.0881. The van der Waals surface area contributed by atoms with Crippen LogP contribution in [0.3, 0.4) is 0 Å². The number of hydrogen-bond acceptors (Lipinski definition) is 4. The number of hydrogen-bond donors (Lipinski definition) is 1. The summed E-state index contributed by atoms with van der Waals surface area (Å²) in [4.78, 5) is 11.9. The van der Waals surface area contributed by atoms with E-state index in [0.717, 1.165) is 0 Å². The highest BCUT2D eigenvalue weighted by Crippen LogP contribution is 2.04. The molecule has 0 bridgehead atoms. The van der Waals surface area contributed by atoms with Gasteiger partial charge in [-0.3, -0.25) is 0 Å². The maximum atomic E-state index is 10.6. The van der Waals surface area contributed by atoms with Crippen molar-refractivity contribution >= 4 is 12.0 Å². The van der Waals surface area contributed by atoms with Gasteiger partial charge in [0.15, 0.2) is 5.82 Å². The van der Waals surface area contributed by atoms with Crippen molar-refractivity contribution in [3.8, 4) is 0 Å². The van der Waals surface area contributed by atoms with Crippen LogP contribution in [0.25, 0.3) is 6.08 Å². The average molecular weight is 182 g/mol. The molecule has 0 radical (unpaired) electrons. The lowest BCUT2D eigenvalue weighted by Crippen LogP contribution is -1.99. The van der Waals surface area contributed by atoms with E-state index in [9.17, 15) is 4.79 Å². The molecule has 1 heterocycles. The number of nitrogens with zero attached hydrogens (tertiary/aromatic N) is 4. The van der Waals surface area contributed by atoms with E-state index in [2.05, 4.69) is 15.4 Å². The molecule has 1 aromatic heterocycles. The van der Waals surface area contributed by atoms with Crippen molar-refractivity contribution in [1.82, 2.24) is 20.2 Å². The number of carbonyl (C=O) groups is 1. The summed E-state index contributed by atoms with van der Waals surface area (Å²) in [6.07, 6.45) is 1.85. The highest BCUT2D eigenvalue weighted by Gasteiger charge is 2.06. The Kier molecular flexibility index (Phi) is 2.73. The van der Waals surface area contributed by atoms with Gasteiger partial charge in [-0.05, 0) is 17.7 Å². The first-order valence-corrected chi connectivity index (χ1v) is 3.81. The summed E-state index contributed by atoms with van der Waals surface area (Å²) < 4.78 is 0. The van der Waals surface area contributed by atoms with Crippen molar-refractivity contribution in [3.05, 3.63) is 11.4 Å². The van der Waals surface area contributed by atoms with Crippen molar-refractivity contribution in [3.63, 3.8) is 0 Å². The van der Waals surface area contributed by atoms with Gasteiger partial charge < -0.3 is 5.11 Å². The molecular weight excluding hydrogens is 172 g/mol. The lowest BCUT2D eigenvalue weighted by molar-refractivity contribution is -0.132. The molecule has 0 atom stereocenters. The summed E-state index contributed by atoms with van der Waals surface area (Å²) in [7, 11) is 1.62. The molecule has 0 unspecified atom stereocenters. The molecule has 0 saturated heterocycles. The highest BCUT2D eigenvalue weighted by molar-refractivity contribution is 5.91. The third-order valence-corrected chi connectivity index (χ3v) is 1.48. The topological polar surface area (TPSA) is 80.9 Å². The van der Waals surface area contributed by atoms with Gasteiger partial charge in [0, 0.05) is 5.57 Å². The third-order valence-electron chi connectivity index (χ3n) is 1.48. The molecule has 1 rings (SSSR count). The normalized spacial score (nSPS) is 11.7. The van der Waals surface area contributed by atoms with Gasteiger partial charge in [-0.2, -0.15) is 4.80 Å². The van der Waals surface area contributed by atoms with Crippen LogP contribution in [0.4, 0.5) is 0 Å². The van der Waals surface area contributed by atoms with Gasteiger partial charge in [-0.1, -0.05) is 6.92 Å². The monoisotopic (exact) mass is 182 g/mol. The Bertz CT molecular complexity index is 342. The average Bonchev–Trinajstić information content (AvgIpc) is 2.46. The zero-order chi connectivity index (χ0) is 9.84. The lowest BCUT2D eigenvalue weighted by atomic mass is 10.2. The summed E-state index contributed by atoms with van der Waals surface area (Å²) in [5.41, 5.74) is 0.271. The Morgan fingerprint density at radius 2 is 2.38 bits per heavy atom. The van der Waals surface area contributed by atoms with Gasteiger partial charge in [0.2, 0.25) is 0 Å². The molecule has 0 aliphatic rings. The molecule has 13 heavy (non-hydrogen) atoms. The van der Waals surface area contributed by atoms with E-state index in [4.69, 9.17) is 5.11 Å². The van der Waals surface area contributed by atoms with Crippen LogP contribution in [0.1, 0.15) is 19.2 Å². The van der Waals surface area contributed by atoms with Crippen molar-refractivity contribution in [2.24, 2.45) is 7.05 Å². The number of tetrazole rings is 1. The van der Waals surface area contributed by atoms with Gasteiger partial charge >= 0.3 is 5.97 Å². The number of rotatable bonds is 3. The largest absolute Gasteiger partial charge is 0.478 e. The minimum atomic E-state index is -0.949. The van der Waals surface area contributed by atoms with E-state index in [-0.39, 0.29) is 5.57 Å². The van der Waals surface area contributed by atoms with Gasteiger partial charge in [-0.25, -0.2) is 4.79 Å². The van der Waals surface area contributed by atoms with E-state index < -0.39 is 5.97 Å². The molecule has 0 fully saturated rings. The van der Waals surface area contributed by atoms with E-state index in [1.54, 1.807) is 14.0 Å². The van der Waals surface area contributed by atoms with Crippen LogP contribution in [-0.2, 0) is 11.8 Å². The molecule has 1 N–H and O–H groups in total. The molecule has 6 nitrogen and oxygen atoms in total. The van der Waals surface area contributed by atoms with Gasteiger partial charge in [-0.15, -0.1) is 10.2 Å². The second-order valence-electron chi connectivity index (χ2n) is 2.47. The summed E-state index contributed by atoms with van der Waals surface area (Å²) in [6, 6.07) is 0. The van der Waals surface area contributed by atoms with Gasteiger partial charge in [0.1, 0.15) is 0 Å². The summed E-state index contributed by atoms with van der Waals surface area (Å²) >= 11 is 0. The molecule has 6 heteroatoms. The Hall–Kier alpha value is -1.72. The first kappa shape index (κ1) is 9.37. The first-order chi connectivity index (χ1) is 6.13. The summed E-state index contributed by atoms with van der Waals surface area (Å²) in [6.45, 7) is 1.76. The zero-order valence-electron chi connectivity index (χ0n) is 7.43.